The van der Waals surface area contributed by atoms with Crippen LogP contribution in [0, 0.1) is 0 Å². The Morgan fingerprint density at radius 1 is 1.06 bits per heavy atom. The van der Waals surface area contributed by atoms with Gasteiger partial charge in [0.15, 0.2) is 0 Å². The number of hydrogen-bond donors (Lipinski definition) is 1. The molecule has 0 bridgehead atoms. The van der Waals surface area contributed by atoms with E-state index in [0.29, 0.717) is 6.10 Å². The average Bonchev–Trinajstić information content (AvgIpc) is 2.82. The predicted octanol–water partition coefficient (Wildman–Crippen LogP) is 2.58. The van der Waals surface area contributed by atoms with E-state index >= 15 is 0 Å². The molecule has 1 fully saturated rings. The van der Waals surface area contributed by atoms with Gasteiger partial charge in [-0.1, -0.05) is 30.3 Å². The third kappa shape index (κ3) is 1.89. The first kappa shape index (κ1) is 9.67. The molecule has 82 valence electrons. The van der Waals surface area contributed by atoms with E-state index in [4.69, 9.17) is 4.74 Å². The lowest BCUT2D eigenvalue weighted by atomic mass is 10.1. The van der Waals surface area contributed by atoms with E-state index in [1.807, 2.05) is 0 Å². The fraction of sp³-hybridized carbons (Fsp3) is 0.286. The molecule has 1 atom stereocenters. The molecule has 0 unspecified atom stereocenters. The van der Waals surface area contributed by atoms with E-state index in [2.05, 4.69) is 47.8 Å². The van der Waals surface area contributed by atoms with Crippen LogP contribution in [-0.2, 0) is 0 Å². The lowest BCUT2D eigenvalue weighted by Crippen LogP contribution is -2.19. The maximum Gasteiger partial charge on any atom is 0.120 e. The highest BCUT2D eigenvalue weighted by Crippen LogP contribution is 2.22. The van der Waals surface area contributed by atoms with Gasteiger partial charge in [-0.2, -0.15) is 0 Å². The van der Waals surface area contributed by atoms with Crippen LogP contribution >= 0.6 is 0 Å². The number of hydrogen-bond acceptors (Lipinski definition) is 2. The van der Waals surface area contributed by atoms with Gasteiger partial charge in [0.05, 0.1) is 0 Å². The number of benzene rings is 2. The van der Waals surface area contributed by atoms with Gasteiger partial charge in [0.2, 0.25) is 0 Å². The number of nitrogens with one attached hydrogen (secondary N) is 1. The molecule has 1 heterocycles. The average molecular weight is 213 g/mol. The number of ether oxygens (including phenoxy) is 1. The first-order chi connectivity index (χ1) is 7.92. The van der Waals surface area contributed by atoms with E-state index in [1.165, 1.54) is 10.8 Å². The maximum atomic E-state index is 5.92. The van der Waals surface area contributed by atoms with Gasteiger partial charge in [0.1, 0.15) is 11.9 Å². The summed E-state index contributed by atoms with van der Waals surface area (Å²) < 4.78 is 5.92. The molecule has 1 aliphatic rings. The van der Waals surface area contributed by atoms with Gasteiger partial charge in [0, 0.05) is 6.54 Å². The van der Waals surface area contributed by atoms with Gasteiger partial charge in [-0.3, -0.25) is 0 Å². The van der Waals surface area contributed by atoms with Crippen LogP contribution in [0.4, 0.5) is 0 Å². The van der Waals surface area contributed by atoms with E-state index in [1.54, 1.807) is 0 Å². The van der Waals surface area contributed by atoms with Crippen LogP contribution in [0.5, 0.6) is 5.75 Å². The molecule has 1 saturated heterocycles. The van der Waals surface area contributed by atoms with Crippen LogP contribution in [-0.4, -0.2) is 19.2 Å². The molecule has 0 amide bonds. The van der Waals surface area contributed by atoms with Crippen LogP contribution < -0.4 is 10.1 Å². The van der Waals surface area contributed by atoms with Crippen LogP contribution in [0.1, 0.15) is 6.42 Å². The Kier molecular flexibility index (Phi) is 2.50. The third-order valence-corrected chi connectivity index (χ3v) is 3.04. The maximum absolute atomic E-state index is 5.92. The van der Waals surface area contributed by atoms with Crippen LogP contribution in [0.3, 0.4) is 0 Å². The van der Waals surface area contributed by atoms with Crippen molar-refractivity contribution < 1.29 is 4.74 Å². The summed E-state index contributed by atoms with van der Waals surface area (Å²) in [6, 6.07) is 14.7. The van der Waals surface area contributed by atoms with E-state index in [0.717, 1.165) is 25.3 Å². The van der Waals surface area contributed by atoms with Crippen molar-refractivity contribution in [3.63, 3.8) is 0 Å². The fourth-order valence-electron chi connectivity index (χ4n) is 2.16. The van der Waals surface area contributed by atoms with Gasteiger partial charge in [-0.15, -0.1) is 0 Å². The Hall–Kier alpha value is -1.54. The van der Waals surface area contributed by atoms with Gasteiger partial charge >= 0.3 is 0 Å². The molecule has 2 aromatic carbocycles. The zero-order chi connectivity index (χ0) is 10.8. The molecule has 1 N–H and O–H groups in total. The Morgan fingerprint density at radius 2 is 1.94 bits per heavy atom. The summed E-state index contributed by atoms with van der Waals surface area (Å²) in [4.78, 5) is 0. The zero-order valence-corrected chi connectivity index (χ0v) is 9.15. The molecular weight excluding hydrogens is 198 g/mol. The van der Waals surface area contributed by atoms with Gasteiger partial charge in [0.25, 0.3) is 0 Å². The van der Waals surface area contributed by atoms with Crippen molar-refractivity contribution in [3.8, 4) is 5.75 Å². The molecule has 0 aliphatic carbocycles. The summed E-state index contributed by atoms with van der Waals surface area (Å²) in [7, 11) is 0. The van der Waals surface area contributed by atoms with E-state index < -0.39 is 0 Å². The quantitative estimate of drug-likeness (QED) is 0.828. The SMILES string of the molecule is c1ccc2cc(O[C@H]3CCNC3)ccc2c1. The summed E-state index contributed by atoms with van der Waals surface area (Å²) in [5, 5.41) is 5.81. The zero-order valence-electron chi connectivity index (χ0n) is 9.15. The third-order valence-electron chi connectivity index (χ3n) is 3.04. The smallest absolute Gasteiger partial charge is 0.120 e. The molecule has 2 nitrogen and oxygen atoms in total. The highest BCUT2D eigenvalue weighted by atomic mass is 16.5. The second-order valence-electron chi connectivity index (χ2n) is 4.24. The Labute approximate surface area is 95.2 Å². The molecule has 0 radical (unpaired) electrons. The second-order valence-corrected chi connectivity index (χ2v) is 4.24. The Morgan fingerprint density at radius 3 is 2.75 bits per heavy atom. The second kappa shape index (κ2) is 4.14. The minimum Gasteiger partial charge on any atom is -0.489 e. The number of rotatable bonds is 2. The topological polar surface area (TPSA) is 21.3 Å². The van der Waals surface area contributed by atoms with Crippen LogP contribution in [0.2, 0.25) is 0 Å². The van der Waals surface area contributed by atoms with Crippen molar-refractivity contribution in [2.24, 2.45) is 0 Å². The molecule has 0 saturated carbocycles. The van der Waals surface area contributed by atoms with Crippen molar-refractivity contribution in [2.45, 2.75) is 12.5 Å². The molecule has 16 heavy (non-hydrogen) atoms. The predicted molar refractivity (Wildman–Crippen MR) is 65.9 cm³/mol. The number of fused-ring (bicyclic) bond motifs is 1. The molecular formula is C14H15NO. The molecule has 0 spiro atoms. The summed E-state index contributed by atoms with van der Waals surface area (Å²) in [6.07, 6.45) is 1.44. The van der Waals surface area contributed by atoms with Crippen molar-refractivity contribution in [1.82, 2.24) is 5.32 Å². The normalized spacial score (nSPS) is 20.1. The minimum atomic E-state index is 0.334. The van der Waals surface area contributed by atoms with Gasteiger partial charge < -0.3 is 10.1 Å². The minimum absolute atomic E-state index is 0.334. The Balaban J connectivity index is 1.86. The van der Waals surface area contributed by atoms with E-state index in [9.17, 15) is 0 Å². The van der Waals surface area contributed by atoms with Crippen molar-refractivity contribution in [1.29, 1.82) is 0 Å². The summed E-state index contributed by atoms with van der Waals surface area (Å²) in [6.45, 7) is 2.03. The van der Waals surface area contributed by atoms with E-state index in [-0.39, 0.29) is 0 Å². The summed E-state index contributed by atoms with van der Waals surface area (Å²) >= 11 is 0. The molecule has 0 aromatic heterocycles. The largest absolute Gasteiger partial charge is 0.489 e. The highest BCUT2D eigenvalue weighted by Gasteiger charge is 2.15. The summed E-state index contributed by atoms with van der Waals surface area (Å²) in [5.74, 6) is 0.979. The molecule has 3 rings (SSSR count). The molecule has 1 aliphatic heterocycles. The monoisotopic (exact) mass is 213 g/mol. The lowest BCUT2D eigenvalue weighted by Gasteiger charge is -2.12. The van der Waals surface area contributed by atoms with Crippen LogP contribution in [0.25, 0.3) is 10.8 Å². The van der Waals surface area contributed by atoms with Gasteiger partial charge in [-0.05, 0) is 35.9 Å². The first-order valence-electron chi connectivity index (χ1n) is 5.78. The Bertz CT molecular complexity index is 489. The summed E-state index contributed by atoms with van der Waals surface area (Å²) in [5.41, 5.74) is 0. The van der Waals surface area contributed by atoms with Crippen LogP contribution in [0.15, 0.2) is 42.5 Å². The standard InChI is InChI=1S/C14H15NO/c1-2-4-12-9-13(6-5-11(12)3-1)16-14-7-8-15-10-14/h1-6,9,14-15H,7-8,10H2/t14-/m0/s1. The van der Waals surface area contributed by atoms with Crippen molar-refractivity contribution >= 4 is 10.8 Å². The van der Waals surface area contributed by atoms with Crippen molar-refractivity contribution in [2.75, 3.05) is 13.1 Å². The lowest BCUT2D eigenvalue weighted by molar-refractivity contribution is 0.223. The first-order valence-corrected chi connectivity index (χ1v) is 5.78. The fourth-order valence-corrected chi connectivity index (χ4v) is 2.16. The van der Waals surface area contributed by atoms with Gasteiger partial charge in [-0.25, -0.2) is 0 Å². The highest BCUT2D eigenvalue weighted by molar-refractivity contribution is 5.83. The molecule has 2 aromatic rings. The molecule has 2 heteroatoms. The van der Waals surface area contributed by atoms with Crippen molar-refractivity contribution in [3.05, 3.63) is 42.5 Å².